The number of hydrogen-bond donors (Lipinski definition) is 1. The highest BCUT2D eigenvalue weighted by Gasteiger charge is 2.17. The van der Waals surface area contributed by atoms with Gasteiger partial charge in [0.2, 0.25) is 0 Å². The van der Waals surface area contributed by atoms with Gasteiger partial charge in [-0.3, -0.25) is 4.68 Å². The van der Waals surface area contributed by atoms with Crippen LogP contribution in [0.1, 0.15) is 28.4 Å². The third-order valence-electron chi connectivity index (χ3n) is 3.07. The van der Waals surface area contributed by atoms with E-state index >= 15 is 0 Å². The molecule has 1 unspecified atom stereocenters. The molecule has 1 aromatic heterocycles. The first-order valence-electron chi connectivity index (χ1n) is 5.72. The quantitative estimate of drug-likeness (QED) is 0.873. The highest BCUT2D eigenvalue weighted by atomic mass is 15.4. The Kier molecular flexibility index (Phi) is 3.24. The van der Waals surface area contributed by atoms with Gasteiger partial charge >= 0.3 is 0 Å². The van der Waals surface area contributed by atoms with Crippen molar-refractivity contribution < 1.29 is 0 Å². The second kappa shape index (κ2) is 4.67. The molecule has 4 nitrogen and oxygen atoms in total. The smallest absolute Gasteiger partial charge is 0.0798 e. The van der Waals surface area contributed by atoms with E-state index in [1.165, 1.54) is 16.7 Å². The van der Waals surface area contributed by atoms with Crippen LogP contribution in [0.5, 0.6) is 0 Å². The molecular weight excluding hydrogens is 212 g/mol. The molecular formula is C13H18N4. The first-order chi connectivity index (χ1) is 8.13. The van der Waals surface area contributed by atoms with E-state index in [1.807, 2.05) is 14.1 Å². The fourth-order valence-corrected chi connectivity index (χ4v) is 2.17. The summed E-state index contributed by atoms with van der Waals surface area (Å²) in [5, 5.41) is 11.2. The van der Waals surface area contributed by atoms with Gasteiger partial charge in [-0.2, -0.15) is 0 Å². The number of aromatic nitrogens is 3. The van der Waals surface area contributed by atoms with E-state index in [2.05, 4.69) is 47.7 Å². The van der Waals surface area contributed by atoms with Crippen LogP contribution in [0.3, 0.4) is 0 Å². The van der Waals surface area contributed by atoms with Gasteiger partial charge in [-0.05, 0) is 32.0 Å². The van der Waals surface area contributed by atoms with Gasteiger partial charge in [-0.15, -0.1) is 5.10 Å². The Labute approximate surface area is 102 Å². The van der Waals surface area contributed by atoms with Crippen molar-refractivity contribution in [2.24, 2.45) is 7.05 Å². The Morgan fingerprint density at radius 2 is 2.06 bits per heavy atom. The maximum absolute atomic E-state index is 3.98. The molecule has 4 heteroatoms. The van der Waals surface area contributed by atoms with Gasteiger partial charge in [-0.1, -0.05) is 29.0 Å². The summed E-state index contributed by atoms with van der Waals surface area (Å²) >= 11 is 0. The van der Waals surface area contributed by atoms with Crippen LogP contribution in [0, 0.1) is 13.8 Å². The Balaban J connectivity index is 2.46. The fourth-order valence-electron chi connectivity index (χ4n) is 2.17. The van der Waals surface area contributed by atoms with Crippen molar-refractivity contribution in [3.8, 4) is 0 Å². The molecule has 0 bridgehead atoms. The van der Waals surface area contributed by atoms with Crippen molar-refractivity contribution in [2.75, 3.05) is 7.05 Å². The fraction of sp³-hybridized carbons (Fsp3) is 0.385. The minimum atomic E-state index is 0.135. The lowest BCUT2D eigenvalue weighted by Crippen LogP contribution is -2.21. The predicted molar refractivity (Wildman–Crippen MR) is 67.8 cm³/mol. The van der Waals surface area contributed by atoms with Crippen molar-refractivity contribution in [1.82, 2.24) is 20.3 Å². The van der Waals surface area contributed by atoms with Crippen LogP contribution in [0.4, 0.5) is 0 Å². The molecule has 0 saturated carbocycles. The molecule has 0 saturated heterocycles. The van der Waals surface area contributed by atoms with E-state index in [9.17, 15) is 0 Å². The van der Waals surface area contributed by atoms with Crippen molar-refractivity contribution >= 4 is 0 Å². The summed E-state index contributed by atoms with van der Waals surface area (Å²) in [7, 11) is 3.87. The highest BCUT2D eigenvalue weighted by molar-refractivity contribution is 5.36. The van der Waals surface area contributed by atoms with Gasteiger partial charge in [0.15, 0.2) is 0 Å². The van der Waals surface area contributed by atoms with Crippen molar-refractivity contribution in [3.63, 3.8) is 0 Å². The minimum absolute atomic E-state index is 0.135. The van der Waals surface area contributed by atoms with Gasteiger partial charge in [0.05, 0.1) is 17.9 Å². The molecule has 1 atom stereocenters. The van der Waals surface area contributed by atoms with Gasteiger partial charge in [-0.25, -0.2) is 0 Å². The lowest BCUT2D eigenvalue weighted by molar-refractivity contribution is 0.596. The molecule has 1 aromatic carbocycles. The van der Waals surface area contributed by atoms with Crippen molar-refractivity contribution in [1.29, 1.82) is 0 Å². The van der Waals surface area contributed by atoms with E-state index in [-0.39, 0.29) is 6.04 Å². The minimum Gasteiger partial charge on any atom is -0.308 e. The molecule has 0 aliphatic heterocycles. The van der Waals surface area contributed by atoms with E-state index in [0.29, 0.717) is 0 Å². The first kappa shape index (κ1) is 11.8. The van der Waals surface area contributed by atoms with Gasteiger partial charge in [0, 0.05) is 7.05 Å². The Bertz CT molecular complexity index is 516. The van der Waals surface area contributed by atoms with Crippen LogP contribution in [0.2, 0.25) is 0 Å². The normalized spacial score (nSPS) is 12.7. The van der Waals surface area contributed by atoms with Gasteiger partial charge in [0.1, 0.15) is 0 Å². The van der Waals surface area contributed by atoms with Crippen LogP contribution >= 0.6 is 0 Å². The standard InChI is InChI=1S/C13H18N4/c1-9-5-6-11(10(2)7-9)13(14-3)12-8-15-16-17(12)4/h5-8,13-14H,1-4H3. The summed E-state index contributed by atoms with van der Waals surface area (Å²) in [5.41, 5.74) is 4.90. The number of hydrogen-bond acceptors (Lipinski definition) is 3. The largest absolute Gasteiger partial charge is 0.308 e. The summed E-state index contributed by atoms with van der Waals surface area (Å²) in [6.07, 6.45) is 1.81. The topological polar surface area (TPSA) is 42.7 Å². The van der Waals surface area contributed by atoms with Crippen LogP contribution in [0.15, 0.2) is 24.4 Å². The van der Waals surface area contributed by atoms with Crippen LogP contribution in [0.25, 0.3) is 0 Å². The molecule has 0 aliphatic rings. The Hall–Kier alpha value is -1.68. The lowest BCUT2D eigenvalue weighted by Gasteiger charge is -2.18. The molecule has 0 fully saturated rings. The second-order valence-electron chi connectivity index (χ2n) is 4.36. The van der Waals surface area contributed by atoms with Crippen LogP contribution < -0.4 is 5.32 Å². The highest BCUT2D eigenvalue weighted by Crippen LogP contribution is 2.24. The third-order valence-corrected chi connectivity index (χ3v) is 3.07. The zero-order chi connectivity index (χ0) is 12.4. The van der Waals surface area contributed by atoms with Crippen LogP contribution in [-0.2, 0) is 7.05 Å². The number of aryl methyl sites for hydroxylation is 3. The average molecular weight is 230 g/mol. The summed E-state index contributed by atoms with van der Waals surface area (Å²) in [4.78, 5) is 0. The maximum atomic E-state index is 3.98. The molecule has 1 heterocycles. The number of benzene rings is 1. The monoisotopic (exact) mass is 230 g/mol. The average Bonchev–Trinajstić information content (AvgIpc) is 2.69. The molecule has 2 aromatic rings. The predicted octanol–water partition coefficient (Wildman–Crippen LogP) is 1.74. The molecule has 2 rings (SSSR count). The summed E-state index contributed by atoms with van der Waals surface area (Å²) in [6, 6.07) is 6.63. The molecule has 0 radical (unpaired) electrons. The molecule has 0 spiro atoms. The SMILES string of the molecule is CNC(c1ccc(C)cc1C)c1cnnn1C. The van der Waals surface area contributed by atoms with Crippen LogP contribution in [-0.4, -0.2) is 22.0 Å². The number of rotatable bonds is 3. The zero-order valence-corrected chi connectivity index (χ0v) is 10.7. The van der Waals surface area contributed by atoms with Gasteiger partial charge in [0.25, 0.3) is 0 Å². The number of nitrogens with zero attached hydrogens (tertiary/aromatic N) is 3. The second-order valence-corrected chi connectivity index (χ2v) is 4.36. The first-order valence-corrected chi connectivity index (χ1v) is 5.72. The lowest BCUT2D eigenvalue weighted by atomic mass is 9.97. The Morgan fingerprint density at radius 1 is 1.29 bits per heavy atom. The number of nitrogens with one attached hydrogen (secondary N) is 1. The molecule has 17 heavy (non-hydrogen) atoms. The summed E-state index contributed by atoms with van der Waals surface area (Å²) < 4.78 is 1.81. The zero-order valence-electron chi connectivity index (χ0n) is 10.7. The summed E-state index contributed by atoms with van der Waals surface area (Å²) in [5.74, 6) is 0. The molecule has 90 valence electrons. The van der Waals surface area contributed by atoms with E-state index in [4.69, 9.17) is 0 Å². The maximum Gasteiger partial charge on any atom is 0.0798 e. The molecule has 0 aliphatic carbocycles. The molecule has 1 N–H and O–H groups in total. The summed E-state index contributed by atoms with van der Waals surface area (Å²) in [6.45, 7) is 4.24. The molecule has 0 amide bonds. The Morgan fingerprint density at radius 3 is 2.59 bits per heavy atom. The third kappa shape index (κ3) is 2.22. The van der Waals surface area contributed by atoms with Gasteiger partial charge < -0.3 is 5.32 Å². The van der Waals surface area contributed by atoms with Crippen molar-refractivity contribution in [3.05, 3.63) is 46.8 Å². The van der Waals surface area contributed by atoms with E-state index in [0.717, 1.165) is 5.69 Å². The van der Waals surface area contributed by atoms with E-state index in [1.54, 1.807) is 10.9 Å². The van der Waals surface area contributed by atoms with E-state index < -0.39 is 0 Å². The van der Waals surface area contributed by atoms with Crippen molar-refractivity contribution in [2.45, 2.75) is 19.9 Å².